The van der Waals surface area contributed by atoms with Crippen LogP contribution in [0.1, 0.15) is 17.5 Å². The minimum atomic E-state index is -4.68. The molecule has 1 aromatic rings. The first-order valence-corrected chi connectivity index (χ1v) is 6.47. The van der Waals surface area contributed by atoms with Crippen molar-refractivity contribution >= 4 is 23.1 Å². The summed E-state index contributed by atoms with van der Waals surface area (Å²) < 4.78 is 38.7. The van der Waals surface area contributed by atoms with Gasteiger partial charge < -0.3 is 5.11 Å². The van der Waals surface area contributed by atoms with Crippen LogP contribution in [0.2, 0.25) is 5.02 Å². The summed E-state index contributed by atoms with van der Waals surface area (Å²) >= 11 is 5.53. The lowest BCUT2D eigenvalue weighted by molar-refractivity contribution is -0.137. The molecule has 0 radical (unpaired) electrons. The summed E-state index contributed by atoms with van der Waals surface area (Å²) in [6.07, 6.45) is -3.10. The summed E-state index contributed by atoms with van der Waals surface area (Å²) in [7, 11) is 0. The minimum Gasteiger partial charge on any atom is -0.388 e. The van der Waals surface area contributed by atoms with E-state index in [0.29, 0.717) is 0 Å². The van der Waals surface area contributed by atoms with Gasteiger partial charge >= 0.3 is 12.1 Å². The van der Waals surface area contributed by atoms with Gasteiger partial charge in [0.2, 0.25) is 0 Å². The Morgan fingerprint density at radius 3 is 2.64 bits per heavy atom. The molecule has 1 amide bonds. The molecular weight excluding hydrogens is 323 g/mol. The zero-order valence-corrected chi connectivity index (χ0v) is 11.6. The SMILES string of the molecule is O=NC(=O)C1=C(c2ccc(Cl)c(C(F)(F)F)c2)[C@@H](O)CC=C1. The molecule has 1 aliphatic carbocycles. The molecule has 1 aromatic carbocycles. The van der Waals surface area contributed by atoms with Crippen molar-refractivity contribution in [2.75, 3.05) is 0 Å². The Morgan fingerprint density at radius 1 is 1.36 bits per heavy atom. The summed E-state index contributed by atoms with van der Waals surface area (Å²) in [5.41, 5.74) is -1.44. The van der Waals surface area contributed by atoms with Crippen LogP contribution in [0.25, 0.3) is 5.57 Å². The topological polar surface area (TPSA) is 66.7 Å². The molecule has 0 bridgehead atoms. The maximum atomic E-state index is 12.9. The first-order chi connectivity index (χ1) is 10.3. The number of halogens is 4. The van der Waals surface area contributed by atoms with Crippen LogP contribution in [0.5, 0.6) is 0 Å². The molecule has 4 nitrogen and oxygen atoms in total. The van der Waals surface area contributed by atoms with Gasteiger partial charge in [0.25, 0.3) is 0 Å². The summed E-state index contributed by atoms with van der Waals surface area (Å²) in [5.74, 6) is -1.16. The van der Waals surface area contributed by atoms with Gasteiger partial charge in [0, 0.05) is 10.7 Å². The lowest BCUT2D eigenvalue weighted by atomic mass is 9.88. The largest absolute Gasteiger partial charge is 0.417 e. The maximum Gasteiger partial charge on any atom is 0.417 e. The Balaban J connectivity index is 2.66. The van der Waals surface area contributed by atoms with E-state index in [1.54, 1.807) is 0 Å². The fraction of sp³-hybridized carbons (Fsp3) is 0.214. The number of benzene rings is 1. The molecule has 1 N–H and O–H groups in total. The number of hydrogen-bond donors (Lipinski definition) is 1. The van der Waals surface area contributed by atoms with Crippen molar-refractivity contribution in [2.24, 2.45) is 5.18 Å². The highest BCUT2D eigenvalue weighted by Crippen LogP contribution is 2.38. The van der Waals surface area contributed by atoms with E-state index >= 15 is 0 Å². The third-order valence-electron chi connectivity index (χ3n) is 3.16. The van der Waals surface area contributed by atoms with Gasteiger partial charge in [-0.15, -0.1) is 4.91 Å². The number of nitroso groups, excluding NO2 is 1. The molecule has 0 aliphatic heterocycles. The number of nitrogens with zero attached hydrogens (tertiary/aromatic N) is 1. The van der Waals surface area contributed by atoms with Crippen LogP contribution in [-0.4, -0.2) is 17.1 Å². The van der Waals surface area contributed by atoms with Crippen molar-refractivity contribution in [2.45, 2.75) is 18.7 Å². The molecule has 0 fully saturated rings. The van der Waals surface area contributed by atoms with E-state index in [2.05, 4.69) is 5.18 Å². The molecule has 116 valence electrons. The molecule has 0 heterocycles. The number of alkyl halides is 3. The van der Waals surface area contributed by atoms with E-state index in [4.69, 9.17) is 11.6 Å². The second kappa shape index (κ2) is 6.02. The molecule has 1 aliphatic rings. The van der Waals surface area contributed by atoms with Gasteiger partial charge in [-0.2, -0.15) is 13.2 Å². The highest BCUT2D eigenvalue weighted by atomic mass is 35.5. The van der Waals surface area contributed by atoms with Crippen LogP contribution in [0.4, 0.5) is 13.2 Å². The summed E-state index contributed by atoms with van der Waals surface area (Å²) in [6, 6.07) is 3.00. The average Bonchev–Trinajstić information content (AvgIpc) is 2.46. The zero-order chi connectivity index (χ0) is 16.5. The van der Waals surface area contributed by atoms with E-state index < -0.39 is 28.8 Å². The molecule has 0 saturated heterocycles. The number of carbonyl (C=O) groups excluding carboxylic acids is 1. The van der Waals surface area contributed by atoms with Crippen molar-refractivity contribution < 1.29 is 23.1 Å². The van der Waals surface area contributed by atoms with Crippen LogP contribution in [0, 0.1) is 4.91 Å². The predicted molar refractivity (Wildman–Crippen MR) is 73.9 cm³/mol. The minimum absolute atomic E-state index is 0.0411. The van der Waals surface area contributed by atoms with E-state index in [-0.39, 0.29) is 23.1 Å². The Bertz CT molecular complexity index is 695. The molecule has 8 heteroatoms. The molecule has 2 rings (SSSR count). The second-order valence-corrected chi connectivity index (χ2v) is 4.98. The third-order valence-corrected chi connectivity index (χ3v) is 3.49. The Hall–Kier alpha value is -1.99. The molecule has 0 unspecified atom stereocenters. The number of carbonyl (C=O) groups is 1. The van der Waals surface area contributed by atoms with Gasteiger partial charge in [0.15, 0.2) is 0 Å². The van der Waals surface area contributed by atoms with Gasteiger partial charge in [0.1, 0.15) is 0 Å². The Morgan fingerprint density at radius 2 is 2.05 bits per heavy atom. The van der Waals surface area contributed by atoms with Crippen LogP contribution in [0.3, 0.4) is 0 Å². The van der Waals surface area contributed by atoms with Gasteiger partial charge in [-0.25, -0.2) is 0 Å². The fourth-order valence-electron chi connectivity index (χ4n) is 2.20. The Kier molecular flexibility index (Phi) is 4.48. The summed E-state index contributed by atoms with van der Waals surface area (Å²) in [5, 5.41) is 11.7. The highest BCUT2D eigenvalue weighted by Gasteiger charge is 2.34. The van der Waals surface area contributed by atoms with Gasteiger partial charge in [0.05, 0.1) is 22.3 Å². The van der Waals surface area contributed by atoms with Crippen molar-refractivity contribution in [3.63, 3.8) is 0 Å². The van der Waals surface area contributed by atoms with Crippen LogP contribution >= 0.6 is 11.6 Å². The van der Waals surface area contributed by atoms with Crippen LogP contribution < -0.4 is 0 Å². The number of amides is 1. The summed E-state index contributed by atoms with van der Waals surface area (Å²) in [6.45, 7) is 0. The molecule has 0 spiro atoms. The maximum absolute atomic E-state index is 12.9. The standard InChI is InChI=1S/C14H9ClF3NO3/c15-10-5-4-7(6-9(10)14(16,17)18)12-8(13(21)19-22)2-1-3-11(12)20/h1-2,4-6,11,20H,3H2/t11-/m0/s1. The number of aliphatic hydroxyl groups is 1. The smallest absolute Gasteiger partial charge is 0.388 e. The predicted octanol–water partition coefficient (Wildman–Crippen LogP) is 3.73. The molecule has 0 saturated carbocycles. The molecule has 1 atom stereocenters. The van der Waals surface area contributed by atoms with E-state index in [0.717, 1.165) is 12.1 Å². The van der Waals surface area contributed by atoms with E-state index in [1.165, 1.54) is 18.2 Å². The van der Waals surface area contributed by atoms with Gasteiger partial charge in [-0.3, -0.25) is 4.79 Å². The Labute approximate surface area is 127 Å². The van der Waals surface area contributed by atoms with Crippen molar-refractivity contribution in [3.05, 3.63) is 57.0 Å². The average molecular weight is 332 g/mol. The number of aliphatic hydroxyl groups excluding tert-OH is 1. The van der Waals surface area contributed by atoms with Crippen LogP contribution in [0.15, 0.2) is 41.1 Å². The summed E-state index contributed by atoms with van der Waals surface area (Å²) in [4.78, 5) is 21.9. The lowest BCUT2D eigenvalue weighted by Crippen LogP contribution is -2.17. The van der Waals surface area contributed by atoms with Crippen molar-refractivity contribution in [3.8, 4) is 0 Å². The molecule has 22 heavy (non-hydrogen) atoms. The number of rotatable bonds is 2. The molecule has 0 aromatic heterocycles. The fourth-order valence-corrected chi connectivity index (χ4v) is 2.42. The lowest BCUT2D eigenvalue weighted by Gasteiger charge is -2.21. The monoisotopic (exact) mass is 331 g/mol. The number of hydrogen-bond acceptors (Lipinski definition) is 3. The third kappa shape index (κ3) is 3.10. The van der Waals surface area contributed by atoms with Crippen molar-refractivity contribution in [1.29, 1.82) is 0 Å². The quantitative estimate of drug-likeness (QED) is 0.840. The zero-order valence-electron chi connectivity index (χ0n) is 10.9. The van der Waals surface area contributed by atoms with Crippen LogP contribution in [-0.2, 0) is 11.0 Å². The first kappa shape index (κ1) is 16.4. The van der Waals surface area contributed by atoms with E-state index in [9.17, 15) is 28.0 Å². The molecular formula is C14H9ClF3NO3. The van der Waals surface area contributed by atoms with E-state index in [1.807, 2.05) is 0 Å². The van der Waals surface area contributed by atoms with Crippen molar-refractivity contribution in [1.82, 2.24) is 0 Å². The van der Waals surface area contributed by atoms with Gasteiger partial charge in [-0.1, -0.05) is 29.8 Å². The first-order valence-electron chi connectivity index (χ1n) is 6.09. The normalized spacial score (nSPS) is 18.5. The highest BCUT2D eigenvalue weighted by molar-refractivity contribution is 6.31. The second-order valence-electron chi connectivity index (χ2n) is 4.57. The van der Waals surface area contributed by atoms with Gasteiger partial charge in [-0.05, 0) is 24.1 Å².